The Morgan fingerprint density at radius 3 is 2.75 bits per heavy atom. The molecule has 0 aromatic rings. The zero-order valence-corrected chi connectivity index (χ0v) is 9.27. The van der Waals surface area contributed by atoms with Crippen molar-refractivity contribution in [2.24, 2.45) is 0 Å². The van der Waals surface area contributed by atoms with Gasteiger partial charge in [0.2, 0.25) is 11.8 Å². The van der Waals surface area contributed by atoms with Crippen molar-refractivity contribution in [3.63, 3.8) is 0 Å². The summed E-state index contributed by atoms with van der Waals surface area (Å²) >= 11 is 0. The molecule has 16 heavy (non-hydrogen) atoms. The average Bonchev–Trinajstić information content (AvgIpc) is 2.63. The maximum atomic E-state index is 11.6. The van der Waals surface area contributed by atoms with Gasteiger partial charge in [0, 0.05) is 13.1 Å². The average molecular weight is 227 g/mol. The number of β-amino-alcohol motifs (C(OH)–C–C–N with tert-alkyl or cyclic N) is 1. The van der Waals surface area contributed by atoms with Crippen LogP contribution in [0.1, 0.15) is 13.3 Å². The number of hydrogen-bond acceptors (Lipinski definition) is 5. The number of hydrogen-bond donors (Lipinski definition) is 3. The minimum absolute atomic E-state index is 0.139. The topological polar surface area (TPSA) is 81.7 Å². The predicted octanol–water partition coefficient (Wildman–Crippen LogP) is -1.94. The van der Waals surface area contributed by atoms with Gasteiger partial charge in [0.05, 0.1) is 24.7 Å². The van der Waals surface area contributed by atoms with Crippen LogP contribution in [-0.2, 0) is 9.59 Å². The van der Waals surface area contributed by atoms with Crippen LogP contribution in [0, 0.1) is 0 Å². The molecule has 2 rings (SSSR count). The first-order valence-corrected chi connectivity index (χ1v) is 5.61. The fourth-order valence-electron chi connectivity index (χ4n) is 2.44. The van der Waals surface area contributed by atoms with E-state index in [0.717, 1.165) is 0 Å². The number of nitrogens with one attached hydrogen (secondary N) is 2. The number of carbonyl (C=O) groups excluding carboxylic acids is 2. The molecular weight excluding hydrogens is 210 g/mol. The highest BCUT2D eigenvalue weighted by Crippen LogP contribution is 2.17. The molecule has 0 saturated carbocycles. The van der Waals surface area contributed by atoms with Crippen molar-refractivity contribution < 1.29 is 14.7 Å². The molecule has 0 spiro atoms. The van der Waals surface area contributed by atoms with Gasteiger partial charge in [0.25, 0.3) is 0 Å². The molecule has 3 unspecified atom stereocenters. The van der Waals surface area contributed by atoms with E-state index in [4.69, 9.17) is 0 Å². The maximum absolute atomic E-state index is 11.6. The molecule has 2 saturated heterocycles. The summed E-state index contributed by atoms with van der Waals surface area (Å²) in [5, 5.41) is 15.2. The smallest absolute Gasteiger partial charge is 0.243 e. The van der Waals surface area contributed by atoms with Crippen molar-refractivity contribution in [3.05, 3.63) is 0 Å². The molecule has 2 amide bonds. The van der Waals surface area contributed by atoms with Gasteiger partial charge in [-0.05, 0) is 6.42 Å². The first kappa shape index (κ1) is 11.5. The molecule has 2 aliphatic rings. The molecule has 2 heterocycles. The van der Waals surface area contributed by atoms with E-state index in [1.807, 2.05) is 11.8 Å². The Labute approximate surface area is 94.0 Å². The normalized spacial score (nSPS) is 36.5. The van der Waals surface area contributed by atoms with E-state index < -0.39 is 6.10 Å². The number of piperazine rings is 1. The van der Waals surface area contributed by atoms with Gasteiger partial charge in [-0.1, -0.05) is 6.92 Å². The Kier molecular flexibility index (Phi) is 3.22. The van der Waals surface area contributed by atoms with E-state index in [-0.39, 0.29) is 30.4 Å². The van der Waals surface area contributed by atoms with Gasteiger partial charge in [0.15, 0.2) is 0 Å². The van der Waals surface area contributed by atoms with Gasteiger partial charge in [0.1, 0.15) is 0 Å². The Morgan fingerprint density at radius 1 is 1.44 bits per heavy atom. The minimum atomic E-state index is -0.507. The van der Waals surface area contributed by atoms with Crippen LogP contribution in [0.4, 0.5) is 0 Å². The van der Waals surface area contributed by atoms with Gasteiger partial charge in [-0.3, -0.25) is 19.8 Å². The van der Waals surface area contributed by atoms with Crippen molar-refractivity contribution >= 4 is 11.8 Å². The largest absolute Gasteiger partial charge is 0.390 e. The molecule has 3 N–H and O–H groups in total. The second kappa shape index (κ2) is 4.48. The fraction of sp³-hybridized carbons (Fsp3) is 0.800. The standard InChI is InChI=1S/C10H17N3O3/c1-2-6-10(16)12-9(15)5-13(6)7-3-11-4-8(7)14/h6-8,11,14H,2-5H2,1H3,(H,12,15,16). The van der Waals surface area contributed by atoms with Crippen molar-refractivity contribution in [2.75, 3.05) is 19.6 Å². The summed E-state index contributed by atoms with van der Waals surface area (Å²) in [7, 11) is 0. The zero-order valence-electron chi connectivity index (χ0n) is 9.27. The highest BCUT2D eigenvalue weighted by atomic mass is 16.3. The molecule has 0 bridgehead atoms. The molecule has 0 aliphatic carbocycles. The summed E-state index contributed by atoms with van der Waals surface area (Å²) in [6.45, 7) is 3.24. The molecule has 2 aliphatic heterocycles. The second-order valence-corrected chi connectivity index (χ2v) is 4.30. The van der Waals surface area contributed by atoms with E-state index in [0.29, 0.717) is 19.5 Å². The SMILES string of the molecule is CCC1C(=O)NC(=O)CN1C1CNCC1O. The molecule has 6 heteroatoms. The molecule has 6 nitrogen and oxygen atoms in total. The van der Waals surface area contributed by atoms with Crippen molar-refractivity contribution in [2.45, 2.75) is 31.5 Å². The molecule has 3 atom stereocenters. The van der Waals surface area contributed by atoms with E-state index in [1.54, 1.807) is 0 Å². The zero-order chi connectivity index (χ0) is 11.7. The first-order chi connectivity index (χ1) is 7.63. The molecule has 0 aromatic carbocycles. The van der Waals surface area contributed by atoms with Gasteiger partial charge < -0.3 is 10.4 Å². The van der Waals surface area contributed by atoms with Crippen molar-refractivity contribution in [1.82, 2.24) is 15.5 Å². The highest BCUT2D eigenvalue weighted by Gasteiger charge is 2.40. The molecule has 0 aromatic heterocycles. The van der Waals surface area contributed by atoms with Crippen LogP contribution in [0.5, 0.6) is 0 Å². The number of imide groups is 1. The Balaban J connectivity index is 2.15. The summed E-state index contributed by atoms with van der Waals surface area (Å²) in [6.07, 6.45) is 0.134. The van der Waals surface area contributed by atoms with Gasteiger partial charge >= 0.3 is 0 Å². The van der Waals surface area contributed by atoms with E-state index in [9.17, 15) is 14.7 Å². The minimum Gasteiger partial charge on any atom is -0.390 e. The lowest BCUT2D eigenvalue weighted by molar-refractivity contribution is -0.142. The lowest BCUT2D eigenvalue weighted by Gasteiger charge is -2.38. The number of rotatable bonds is 2. The monoisotopic (exact) mass is 227 g/mol. The molecule has 2 fully saturated rings. The number of carbonyl (C=O) groups is 2. The summed E-state index contributed by atoms with van der Waals surface area (Å²) in [6, 6.07) is -0.447. The van der Waals surface area contributed by atoms with Gasteiger partial charge in [-0.2, -0.15) is 0 Å². The van der Waals surface area contributed by atoms with Gasteiger partial charge in [-0.25, -0.2) is 0 Å². The van der Waals surface area contributed by atoms with E-state index >= 15 is 0 Å². The maximum Gasteiger partial charge on any atom is 0.243 e. The van der Waals surface area contributed by atoms with Crippen LogP contribution >= 0.6 is 0 Å². The third kappa shape index (κ3) is 1.95. The molecular formula is C10H17N3O3. The van der Waals surface area contributed by atoms with Crippen LogP contribution in [0.3, 0.4) is 0 Å². The Hall–Kier alpha value is -0.980. The van der Waals surface area contributed by atoms with Crippen LogP contribution in [0.15, 0.2) is 0 Å². The third-order valence-corrected chi connectivity index (χ3v) is 3.26. The number of nitrogens with zero attached hydrogens (tertiary/aromatic N) is 1. The van der Waals surface area contributed by atoms with Crippen LogP contribution < -0.4 is 10.6 Å². The lowest BCUT2D eigenvalue weighted by atomic mass is 10.0. The Morgan fingerprint density at radius 2 is 2.19 bits per heavy atom. The highest BCUT2D eigenvalue weighted by molar-refractivity contribution is 6.01. The summed E-state index contributed by atoms with van der Waals surface area (Å²) in [5.74, 6) is -0.536. The lowest BCUT2D eigenvalue weighted by Crippen LogP contribution is -2.62. The van der Waals surface area contributed by atoms with Gasteiger partial charge in [-0.15, -0.1) is 0 Å². The van der Waals surface area contributed by atoms with Crippen molar-refractivity contribution in [3.8, 4) is 0 Å². The third-order valence-electron chi connectivity index (χ3n) is 3.26. The fourth-order valence-corrected chi connectivity index (χ4v) is 2.44. The van der Waals surface area contributed by atoms with E-state index in [1.165, 1.54) is 0 Å². The second-order valence-electron chi connectivity index (χ2n) is 4.30. The number of amides is 2. The van der Waals surface area contributed by atoms with Crippen LogP contribution in [0.25, 0.3) is 0 Å². The molecule has 0 radical (unpaired) electrons. The number of aliphatic hydroxyl groups excluding tert-OH is 1. The summed E-state index contributed by atoms with van der Waals surface area (Å²) in [5.41, 5.74) is 0. The number of aliphatic hydroxyl groups is 1. The van der Waals surface area contributed by atoms with E-state index in [2.05, 4.69) is 10.6 Å². The predicted molar refractivity (Wildman–Crippen MR) is 56.6 cm³/mol. The van der Waals surface area contributed by atoms with Crippen LogP contribution in [-0.4, -0.2) is 59.6 Å². The first-order valence-electron chi connectivity index (χ1n) is 5.61. The summed E-state index contributed by atoms with van der Waals surface area (Å²) in [4.78, 5) is 24.8. The van der Waals surface area contributed by atoms with Crippen molar-refractivity contribution in [1.29, 1.82) is 0 Å². The summed E-state index contributed by atoms with van der Waals surface area (Å²) < 4.78 is 0. The quantitative estimate of drug-likeness (QED) is 0.478. The molecule has 90 valence electrons. The Bertz CT molecular complexity index is 308. The van der Waals surface area contributed by atoms with Crippen LogP contribution in [0.2, 0.25) is 0 Å².